The van der Waals surface area contributed by atoms with Crippen LogP contribution in [0.15, 0.2) is 9.42 Å². The summed E-state index contributed by atoms with van der Waals surface area (Å²) in [6.07, 6.45) is 2.86. The van der Waals surface area contributed by atoms with Crippen molar-refractivity contribution in [3.8, 4) is 0 Å². The molecule has 1 unspecified atom stereocenters. The molecule has 1 aromatic heterocycles. The smallest absolute Gasteiger partial charge is 0.248 e. The second kappa shape index (κ2) is 6.46. The van der Waals surface area contributed by atoms with E-state index in [-0.39, 0.29) is 10.9 Å². The topological polar surface area (TPSA) is 75.4 Å². The third-order valence-corrected chi connectivity index (χ3v) is 6.07. The van der Waals surface area contributed by atoms with Gasteiger partial charge >= 0.3 is 0 Å². The fraction of sp³-hybridized carbons (Fsp3) is 0.786. The predicted molar refractivity (Wildman–Crippen MR) is 80.6 cm³/mol. The van der Waals surface area contributed by atoms with Gasteiger partial charge in [-0.15, -0.1) is 0 Å². The summed E-state index contributed by atoms with van der Waals surface area (Å²) >= 11 is 0. The standard InChI is InChI=1S/C14H25N3O3S/c1-10(2)15-9-13-7-5-6-8-17(13)21(18,19)14-11(3)16-20-12(14)4/h10,13,15H,5-9H2,1-4H3. The van der Waals surface area contributed by atoms with Gasteiger partial charge in [-0.25, -0.2) is 8.42 Å². The number of aromatic nitrogens is 1. The molecule has 1 fully saturated rings. The fourth-order valence-corrected chi connectivity index (χ4v) is 4.81. The van der Waals surface area contributed by atoms with Crippen molar-refractivity contribution < 1.29 is 12.9 Å². The minimum absolute atomic E-state index is 0.000139. The number of nitrogens with one attached hydrogen (secondary N) is 1. The van der Waals surface area contributed by atoms with Crippen molar-refractivity contribution in [2.45, 2.75) is 63.9 Å². The molecule has 0 saturated carbocycles. The summed E-state index contributed by atoms with van der Waals surface area (Å²) in [5.74, 6) is 0.369. The Kier molecular flexibility index (Phi) is 5.06. The van der Waals surface area contributed by atoms with Gasteiger partial charge in [-0.05, 0) is 26.7 Å². The zero-order valence-corrected chi connectivity index (χ0v) is 14.0. The van der Waals surface area contributed by atoms with Gasteiger partial charge in [0.2, 0.25) is 10.0 Å². The first-order valence-corrected chi connectivity index (χ1v) is 8.96. The van der Waals surface area contributed by atoms with E-state index in [1.165, 1.54) is 0 Å². The summed E-state index contributed by atoms with van der Waals surface area (Å²) < 4.78 is 32.5. The lowest BCUT2D eigenvalue weighted by atomic mass is 10.0. The molecule has 0 amide bonds. The normalized spacial score (nSPS) is 21.1. The molecule has 0 aromatic carbocycles. The van der Waals surface area contributed by atoms with Crippen LogP contribution in [0.5, 0.6) is 0 Å². The summed E-state index contributed by atoms with van der Waals surface area (Å²) in [5.41, 5.74) is 0.439. The lowest BCUT2D eigenvalue weighted by Crippen LogP contribution is -2.49. The molecule has 0 spiro atoms. The van der Waals surface area contributed by atoms with Gasteiger partial charge in [-0.1, -0.05) is 25.4 Å². The van der Waals surface area contributed by atoms with Crippen LogP contribution in [-0.4, -0.2) is 43.1 Å². The molecule has 21 heavy (non-hydrogen) atoms. The van der Waals surface area contributed by atoms with Crippen molar-refractivity contribution in [3.05, 3.63) is 11.5 Å². The van der Waals surface area contributed by atoms with E-state index in [0.29, 0.717) is 30.6 Å². The monoisotopic (exact) mass is 315 g/mol. The SMILES string of the molecule is Cc1noc(C)c1S(=O)(=O)N1CCCCC1CNC(C)C. The Labute approximate surface area is 126 Å². The molecular formula is C14H25N3O3S. The molecule has 1 aliphatic heterocycles. The van der Waals surface area contributed by atoms with Gasteiger partial charge in [0.1, 0.15) is 10.6 Å². The number of nitrogens with zero attached hydrogens (tertiary/aromatic N) is 2. The van der Waals surface area contributed by atoms with Crippen LogP contribution < -0.4 is 5.32 Å². The molecule has 0 bridgehead atoms. The Morgan fingerprint density at radius 3 is 2.67 bits per heavy atom. The van der Waals surface area contributed by atoms with E-state index in [9.17, 15) is 8.42 Å². The minimum Gasteiger partial charge on any atom is -0.360 e. The van der Waals surface area contributed by atoms with Crippen LogP contribution in [0.4, 0.5) is 0 Å². The van der Waals surface area contributed by atoms with E-state index in [0.717, 1.165) is 19.3 Å². The maximum absolute atomic E-state index is 12.9. The van der Waals surface area contributed by atoms with Gasteiger partial charge in [0, 0.05) is 25.2 Å². The Morgan fingerprint density at radius 1 is 1.38 bits per heavy atom. The fourth-order valence-electron chi connectivity index (χ4n) is 2.83. The second-order valence-corrected chi connectivity index (χ2v) is 7.81. The first-order valence-electron chi connectivity index (χ1n) is 7.52. The highest BCUT2D eigenvalue weighted by atomic mass is 32.2. The third kappa shape index (κ3) is 3.46. The second-order valence-electron chi connectivity index (χ2n) is 5.98. The first kappa shape index (κ1) is 16.5. The van der Waals surface area contributed by atoms with Crippen molar-refractivity contribution in [2.24, 2.45) is 0 Å². The van der Waals surface area contributed by atoms with Crippen molar-refractivity contribution in [1.29, 1.82) is 0 Å². The zero-order valence-electron chi connectivity index (χ0n) is 13.2. The number of rotatable bonds is 5. The molecule has 1 aromatic rings. The first-order chi connectivity index (χ1) is 9.84. The van der Waals surface area contributed by atoms with Crippen LogP contribution >= 0.6 is 0 Å². The summed E-state index contributed by atoms with van der Waals surface area (Å²) in [5, 5.41) is 7.13. The van der Waals surface area contributed by atoms with E-state index >= 15 is 0 Å². The molecule has 1 aliphatic rings. The predicted octanol–water partition coefficient (Wildman–Crippen LogP) is 1.83. The molecule has 2 rings (SSSR count). The Hall–Kier alpha value is -0.920. The third-order valence-electron chi connectivity index (χ3n) is 3.87. The molecule has 120 valence electrons. The van der Waals surface area contributed by atoms with Crippen LogP contribution in [0.1, 0.15) is 44.6 Å². The molecule has 7 heteroatoms. The quantitative estimate of drug-likeness (QED) is 0.897. The molecule has 1 N–H and O–H groups in total. The van der Waals surface area contributed by atoms with E-state index in [1.807, 2.05) is 0 Å². The highest BCUT2D eigenvalue weighted by molar-refractivity contribution is 7.89. The highest BCUT2D eigenvalue weighted by Crippen LogP contribution is 2.28. The summed E-state index contributed by atoms with van der Waals surface area (Å²) in [4.78, 5) is 0.235. The Morgan fingerprint density at radius 2 is 2.10 bits per heavy atom. The van der Waals surface area contributed by atoms with Crippen molar-refractivity contribution >= 4 is 10.0 Å². The Bertz CT molecular complexity index is 561. The van der Waals surface area contributed by atoms with Crippen molar-refractivity contribution in [3.63, 3.8) is 0 Å². The molecule has 6 nitrogen and oxygen atoms in total. The van der Waals surface area contributed by atoms with Crippen LogP contribution in [0.3, 0.4) is 0 Å². The van der Waals surface area contributed by atoms with E-state index in [1.54, 1.807) is 18.2 Å². The number of hydrogen-bond acceptors (Lipinski definition) is 5. The van der Waals surface area contributed by atoms with Gasteiger partial charge in [-0.3, -0.25) is 0 Å². The average molecular weight is 315 g/mol. The maximum Gasteiger partial charge on any atom is 0.248 e. The lowest BCUT2D eigenvalue weighted by Gasteiger charge is -2.35. The van der Waals surface area contributed by atoms with Crippen molar-refractivity contribution in [2.75, 3.05) is 13.1 Å². The Balaban J connectivity index is 2.28. The number of piperidine rings is 1. The molecule has 1 saturated heterocycles. The highest BCUT2D eigenvalue weighted by Gasteiger charge is 2.36. The molecule has 2 heterocycles. The van der Waals surface area contributed by atoms with Crippen LogP contribution in [0.2, 0.25) is 0 Å². The van der Waals surface area contributed by atoms with Crippen LogP contribution in [0.25, 0.3) is 0 Å². The zero-order chi connectivity index (χ0) is 15.6. The van der Waals surface area contributed by atoms with Crippen LogP contribution in [-0.2, 0) is 10.0 Å². The summed E-state index contributed by atoms with van der Waals surface area (Å²) in [6.45, 7) is 8.70. The van der Waals surface area contributed by atoms with Gasteiger partial charge in [-0.2, -0.15) is 4.31 Å². The number of aryl methyl sites for hydroxylation is 2. The maximum atomic E-state index is 12.9. The average Bonchev–Trinajstić information content (AvgIpc) is 2.76. The number of hydrogen-bond donors (Lipinski definition) is 1. The molecule has 0 aliphatic carbocycles. The van der Waals surface area contributed by atoms with Crippen LogP contribution in [0, 0.1) is 13.8 Å². The van der Waals surface area contributed by atoms with Gasteiger partial charge in [0.15, 0.2) is 5.76 Å². The van der Waals surface area contributed by atoms with E-state index < -0.39 is 10.0 Å². The number of sulfonamides is 1. The largest absolute Gasteiger partial charge is 0.360 e. The minimum atomic E-state index is -3.54. The summed E-state index contributed by atoms with van der Waals surface area (Å²) in [7, 11) is -3.54. The molecule has 1 atom stereocenters. The lowest BCUT2D eigenvalue weighted by molar-refractivity contribution is 0.241. The van der Waals surface area contributed by atoms with Gasteiger partial charge in [0.25, 0.3) is 0 Å². The van der Waals surface area contributed by atoms with E-state index in [4.69, 9.17) is 4.52 Å². The van der Waals surface area contributed by atoms with Crippen molar-refractivity contribution in [1.82, 2.24) is 14.8 Å². The summed E-state index contributed by atoms with van der Waals surface area (Å²) in [6, 6.07) is 0.343. The molecular weight excluding hydrogens is 290 g/mol. The van der Waals surface area contributed by atoms with Gasteiger partial charge in [0.05, 0.1) is 0 Å². The molecule has 0 radical (unpaired) electrons. The van der Waals surface area contributed by atoms with Gasteiger partial charge < -0.3 is 9.84 Å². The van der Waals surface area contributed by atoms with E-state index in [2.05, 4.69) is 24.3 Å².